The van der Waals surface area contributed by atoms with Gasteiger partial charge in [-0.3, -0.25) is 4.99 Å². The minimum absolute atomic E-state index is 0.424. The number of amidine groups is 1. The zero-order valence-electron chi connectivity index (χ0n) is 10.7. The van der Waals surface area contributed by atoms with Crippen molar-refractivity contribution in [3.8, 4) is 0 Å². The SMILES string of the molecule is CCc1ccccc1NC1=NC(C)C(C)CS1. The van der Waals surface area contributed by atoms with Gasteiger partial charge in [0.1, 0.15) is 0 Å². The smallest absolute Gasteiger partial charge is 0.161 e. The third-order valence-corrected chi connectivity index (χ3v) is 4.44. The lowest BCUT2D eigenvalue weighted by atomic mass is 10.1. The van der Waals surface area contributed by atoms with Crippen molar-refractivity contribution in [3.05, 3.63) is 29.8 Å². The molecule has 0 aromatic heterocycles. The molecule has 0 bridgehead atoms. The second kappa shape index (κ2) is 5.58. The van der Waals surface area contributed by atoms with E-state index in [9.17, 15) is 0 Å². The van der Waals surface area contributed by atoms with Crippen molar-refractivity contribution in [1.29, 1.82) is 0 Å². The number of nitrogens with zero attached hydrogens (tertiary/aromatic N) is 1. The lowest BCUT2D eigenvalue weighted by Crippen LogP contribution is -2.25. The number of aliphatic imine (C=N–C) groups is 1. The Kier molecular flexibility index (Phi) is 4.11. The predicted molar refractivity (Wildman–Crippen MR) is 78.0 cm³/mol. The van der Waals surface area contributed by atoms with Gasteiger partial charge in [0.2, 0.25) is 0 Å². The van der Waals surface area contributed by atoms with E-state index in [2.05, 4.69) is 50.4 Å². The van der Waals surface area contributed by atoms with Crippen molar-refractivity contribution in [2.45, 2.75) is 33.2 Å². The van der Waals surface area contributed by atoms with Crippen LogP contribution in [0.3, 0.4) is 0 Å². The summed E-state index contributed by atoms with van der Waals surface area (Å²) in [6.45, 7) is 6.64. The maximum atomic E-state index is 4.70. The van der Waals surface area contributed by atoms with Gasteiger partial charge in [-0.15, -0.1) is 0 Å². The van der Waals surface area contributed by atoms with Crippen LogP contribution < -0.4 is 5.32 Å². The number of hydrogen-bond donors (Lipinski definition) is 1. The molecule has 1 aromatic carbocycles. The molecule has 0 aliphatic carbocycles. The van der Waals surface area contributed by atoms with Gasteiger partial charge >= 0.3 is 0 Å². The monoisotopic (exact) mass is 248 g/mol. The number of benzene rings is 1. The van der Waals surface area contributed by atoms with Gasteiger partial charge < -0.3 is 5.32 Å². The fourth-order valence-electron chi connectivity index (χ4n) is 1.83. The molecule has 3 heteroatoms. The molecule has 0 saturated carbocycles. The van der Waals surface area contributed by atoms with Crippen molar-refractivity contribution >= 4 is 22.6 Å². The molecule has 1 aliphatic heterocycles. The van der Waals surface area contributed by atoms with Crippen molar-refractivity contribution in [2.75, 3.05) is 11.1 Å². The molecular formula is C14H20N2S. The zero-order valence-corrected chi connectivity index (χ0v) is 11.6. The standard InChI is InChI=1S/C14H20N2S/c1-4-12-7-5-6-8-13(12)16-14-15-11(3)10(2)9-17-14/h5-8,10-11H,4,9H2,1-3H3,(H,15,16). The van der Waals surface area contributed by atoms with Gasteiger partial charge in [0.05, 0.1) is 6.04 Å². The highest BCUT2D eigenvalue weighted by Crippen LogP contribution is 2.25. The summed E-state index contributed by atoms with van der Waals surface area (Å²) in [4.78, 5) is 4.70. The summed E-state index contributed by atoms with van der Waals surface area (Å²) in [5.74, 6) is 1.83. The maximum absolute atomic E-state index is 4.70. The molecule has 2 atom stereocenters. The topological polar surface area (TPSA) is 24.4 Å². The van der Waals surface area contributed by atoms with Gasteiger partial charge in [-0.05, 0) is 30.9 Å². The molecule has 1 aliphatic rings. The summed E-state index contributed by atoms with van der Waals surface area (Å²) in [5.41, 5.74) is 2.55. The highest BCUT2D eigenvalue weighted by molar-refractivity contribution is 8.14. The minimum atomic E-state index is 0.424. The molecule has 0 fully saturated rings. The summed E-state index contributed by atoms with van der Waals surface area (Å²) in [7, 11) is 0. The van der Waals surface area contributed by atoms with Crippen LogP contribution in [0.2, 0.25) is 0 Å². The van der Waals surface area contributed by atoms with E-state index < -0.39 is 0 Å². The summed E-state index contributed by atoms with van der Waals surface area (Å²) in [5, 5.41) is 4.53. The average Bonchev–Trinajstić information content (AvgIpc) is 2.34. The van der Waals surface area contributed by atoms with E-state index in [1.54, 1.807) is 0 Å². The number of aryl methyl sites for hydroxylation is 1. The van der Waals surface area contributed by atoms with Gasteiger partial charge in [0.15, 0.2) is 5.17 Å². The Morgan fingerprint density at radius 3 is 2.82 bits per heavy atom. The molecule has 0 saturated heterocycles. The van der Waals surface area contributed by atoms with Crippen LogP contribution in [0.25, 0.3) is 0 Å². The van der Waals surface area contributed by atoms with Crippen molar-refractivity contribution in [2.24, 2.45) is 10.9 Å². The quantitative estimate of drug-likeness (QED) is 0.861. The summed E-state index contributed by atoms with van der Waals surface area (Å²) >= 11 is 1.83. The number of rotatable bonds is 2. The van der Waals surface area contributed by atoms with Crippen LogP contribution in [0, 0.1) is 5.92 Å². The summed E-state index contributed by atoms with van der Waals surface area (Å²) in [6, 6.07) is 8.88. The first-order chi connectivity index (χ1) is 8.20. The van der Waals surface area contributed by atoms with E-state index in [1.165, 1.54) is 11.3 Å². The Balaban J connectivity index is 2.13. The summed E-state index contributed by atoms with van der Waals surface area (Å²) in [6.07, 6.45) is 1.05. The van der Waals surface area contributed by atoms with Crippen molar-refractivity contribution in [3.63, 3.8) is 0 Å². The van der Waals surface area contributed by atoms with E-state index in [1.807, 2.05) is 11.8 Å². The van der Waals surface area contributed by atoms with E-state index in [0.29, 0.717) is 12.0 Å². The first-order valence-electron chi connectivity index (χ1n) is 6.26. The second-order valence-corrected chi connectivity index (χ2v) is 5.61. The number of para-hydroxylation sites is 1. The first-order valence-corrected chi connectivity index (χ1v) is 7.24. The molecule has 0 amide bonds. The molecule has 92 valence electrons. The van der Waals surface area contributed by atoms with Crippen LogP contribution in [0.4, 0.5) is 5.69 Å². The third kappa shape index (κ3) is 3.03. The van der Waals surface area contributed by atoms with Crippen LogP contribution in [-0.2, 0) is 6.42 Å². The van der Waals surface area contributed by atoms with E-state index in [4.69, 9.17) is 4.99 Å². The Morgan fingerprint density at radius 1 is 1.35 bits per heavy atom. The molecule has 0 radical (unpaired) electrons. The lowest BCUT2D eigenvalue weighted by Gasteiger charge is -2.24. The van der Waals surface area contributed by atoms with Crippen LogP contribution >= 0.6 is 11.8 Å². The fraction of sp³-hybridized carbons (Fsp3) is 0.500. The molecular weight excluding hydrogens is 228 g/mol. The Hall–Kier alpha value is -0.960. The molecule has 0 spiro atoms. The Labute approximate surface area is 108 Å². The number of thioether (sulfide) groups is 1. The predicted octanol–water partition coefficient (Wildman–Crippen LogP) is 3.79. The van der Waals surface area contributed by atoms with Crippen LogP contribution in [0.5, 0.6) is 0 Å². The zero-order chi connectivity index (χ0) is 12.3. The second-order valence-electron chi connectivity index (χ2n) is 4.60. The molecule has 17 heavy (non-hydrogen) atoms. The molecule has 2 unspecified atom stereocenters. The van der Waals surface area contributed by atoms with E-state index >= 15 is 0 Å². The lowest BCUT2D eigenvalue weighted by molar-refractivity contribution is 0.537. The van der Waals surface area contributed by atoms with Gasteiger partial charge in [-0.2, -0.15) is 0 Å². The summed E-state index contributed by atoms with van der Waals surface area (Å²) < 4.78 is 0. The van der Waals surface area contributed by atoms with Crippen molar-refractivity contribution in [1.82, 2.24) is 0 Å². The van der Waals surface area contributed by atoms with Gasteiger partial charge in [0, 0.05) is 11.4 Å². The van der Waals surface area contributed by atoms with Crippen LogP contribution in [-0.4, -0.2) is 17.0 Å². The molecule has 2 nitrogen and oxygen atoms in total. The largest absolute Gasteiger partial charge is 0.335 e. The Morgan fingerprint density at radius 2 is 2.12 bits per heavy atom. The highest BCUT2D eigenvalue weighted by atomic mass is 32.2. The van der Waals surface area contributed by atoms with Gasteiger partial charge in [-0.1, -0.05) is 43.8 Å². The third-order valence-electron chi connectivity index (χ3n) is 3.27. The van der Waals surface area contributed by atoms with Crippen molar-refractivity contribution < 1.29 is 0 Å². The van der Waals surface area contributed by atoms with E-state index in [-0.39, 0.29) is 0 Å². The van der Waals surface area contributed by atoms with E-state index in [0.717, 1.165) is 17.3 Å². The van der Waals surface area contributed by atoms with Crippen LogP contribution in [0.1, 0.15) is 26.3 Å². The molecule has 1 heterocycles. The maximum Gasteiger partial charge on any atom is 0.161 e. The normalized spacial score (nSPS) is 24.3. The fourth-order valence-corrected chi connectivity index (χ4v) is 2.96. The molecule has 1 aromatic rings. The van der Waals surface area contributed by atoms with Gasteiger partial charge in [0.25, 0.3) is 0 Å². The van der Waals surface area contributed by atoms with Crippen LogP contribution in [0.15, 0.2) is 29.3 Å². The number of hydrogen-bond acceptors (Lipinski definition) is 3. The first kappa shape index (κ1) is 12.5. The minimum Gasteiger partial charge on any atom is -0.335 e. The molecule has 2 rings (SSSR count). The Bertz CT molecular complexity index is 414. The molecule has 1 N–H and O–H groups in total. The average molecular weight is 248 g/mol. The van der Waals surface area contributed by atoms with Gasteiger partial charge in [-0.25, -0.2) is 0 Å². The highest BCUT2D eigenvalue weighted by Gasteiger charge is 2.19. The number of nitrogens with one attached hydrogen (secondary N) is 1. The number of anilines is 1.